The molecule has 2 bridgehead atoms. The molecule has 8 nitrogen and oxygen atoms in total. The lowest BCUT2D eigenvalue weighted by atomic mass is 9.71. The first kappa shape index (κ1) is 26.4. The van der Waals surface area contributed by atoms with Gasteiger partial charge in [-0.05, 0) is 49.7 Å². The fourth-order valence-corrected chi connectivity index (χ4v) is 6.07. The van der Waals surface area contributed by atoms with Gasteiger partial charge >= 0.3 is 0 Å². The zero-order valence-corrected chi connectivity index (χ0v) is 21.8. The van der Waals surface area contributed by atoms with E-state index in [1.165, 1.54) is 0 Å². The number of para-hydroxylation sites is 1. The van der Waals surface area contributed by atoms with Crippen LogP contribution < -0.4 is 4.74 Å². The van der Waals surface area contributed by atoms with E-state index in [2.05, 4.69) is 6.07 Å². The van der Waals surface area contributed by atoms with Crippen LogP contribution in [0.5, 0.6) is 5.75 Å². The summed E-state index contributed by atoms with van der Waals surface area (Å²) >= 11 is 0. The van der Waals surface area contributed by atoms with Crippen LogP contribution in [0.1, 0.15) is 73.7 Å². The average molecular weight is 498 g/mol. The molecule has 0 radical (unpaired) electrons. The number of carbonyl (C=O) groups is 2. The number of amides is 2. The van der Waals surface area contributed by atoms with Crippen molar-refractivity contribution >= 4 is 11.8 Å². The Morgan fingerprint density at radius 2 is 1.86 bits per heavy atom. The molecule has 8 heteroatoms. The molecule has 1 saturated carbocycles. The van der Waals surface area contributed by atoms with Crippen LogP contribution in [0.25, 0.3) is 0 Å². The third-order valence-corrected chi connectivity index (χ3v) is 8.19. The lowest BCUT2D eigenvalue weighted by molar-refractivity contribution is -0.146. The number of nitriles is 1. The van der Waals surface area contributed by atoms with E-state index >= 15 is 0 Å². The van der Waals surface area contributed by atoms with Crippen molar-refractivity contribution < 1.29 is 23.8 Å². The van der Waals surface area contributed by atoms with Crippen molar-refractivity contribution in [3.63, 3.8) is 0 Å². The highest BCUT2D eigenvalue weighted by molar-refractivity contribution is 5.97. The molecule has 0 unspecified atom stereocenters. The summed E-state index contributed by atoms with van der Waals surface area (Å²) in [6.45, 7) is 1.30. The number of carbonyl (C=O) groups excluding carboxylic acids is 2. The van der Waals surface area contributed by atoms with Crippen LogP contribution >= 0.6 is 0 Å². The summed E-state index contributed by atoms with van der Waals surface area (Å²) in [4.78, 5) is 30.6. The van der Waals surface area contributed by atoms with Crippen LogP contribution in [0.4, 0.5) is 0 Å². The first-order chi connectivity index (χ1) is 17.4. The Bertz CT molecular complexity index is 984. The summed E-state index contributed by atoms with van der Waals surface area (Å²) in [6, 6.07) is 7.26. The van der Waals surface area contributed by atoms with E-state index in [1.807, 2.05) is 11.9 Å². The standard InChI is InChI=1S/C28H39N3O5/c1-30-15-12-21-10-11-23(34-3)24(36-21)18-35-26-20(17-29)8-7-9-22(26)27(33)31(2)19-28(16-25(30)32)13-5-4-6-14-28/h7-9,21,23-24H,4-6,10-16,18-19H2,1-3H3/t21-,23+,24-/m0/s1. The highest BCUT2D eigenvalue weighted by atomic mass is 16.6. The molecule has 2 fully saturated rings. The van der Waals surface area contributed by atoms with E-state index < -0.39 is 0 Å². The number of nitrogens with zero attached hydrogens (tertiary/aromatic N) is 3. The van der Waals surface area contributed by atoms with E-state index in [0.717, 1.165) is 51.4 Å². The molecule has 1 saturated heterocycles. The topological polar surface area (TPSA) is 92.1 Å². The highest BCUT2D eigenvalue weighted by Gasteiger charge is 2.39. The van der Waals surface area contributed by atoms with E-state index in [0.29, 0.717) is 30.6 Å². The van der Waals surface area contributed by atoms with Gasteiger partial charge in [-0.3, -0.25) is 9.59 Å². The Hall–Kier alpha value is -2.63. The summed E-state index contributed by atoms with van der Waals surface area (Å²) in [5.41, 5.74) is 0.442. The molecular formula is C28H39N3O5. The van der Waals surface area contributed by atoms with Crippen molar-refractivity contribution in [1.82, 2.24) is 9.80 Å². The summed E-state index contributed by atoms with van der Waals surface area (Å²) in [6.07, 6.45) is 7.53. The zero-order chi connectivity index (χ0) is 25.7. The third kappa shape index (κ3) is 5.84. The van der Waals surface area contributed by atoms with Gasteiger partial charge in [0.15, 0.2) is 0 Å². The number of benzene rings is 1. The summed E-state index contributed by atoms with van der Waals surface area (Å²) in [5, 5.41) is 9.76. The van der Waals surface area contributed by atoms with Crippen LogP contribution in [-0.4, -0.2) is 80.8 Å². The Kier molecular flexibility index (Phi) is 8.53. The van der Waals surface area contributed by atoms with Gasteiger partial charge in [0.25, 0.3) is 5.91 Å². The number of hydrogen-bond acceptors (Lipinski definition) is 6. The van der Waals surface area contributed by atoms with E-state index in [-0.39, 0.29) is 47.9 Å². The summed E-state index contributed by atoms with van der Waals surface area (Å²) in [5.74, 6) is 0.214. The zero-order valence-electron chi connectivity index (χ0n) is 21.8. The second-order valence-electron chi connectivity index (χ2n) is 10.8. The molecule has 1 aromatic carbocycles. The first-order valence-corrected chi connectivity index (χ1v) is 13.2. The predicted octanol–water partition coefficient (Wildman–Crippen LogP) is 3.77. The fourth-order valence-electron chi connectivity index (χ4n) is 6.07. The molecule has 1 aliphatic carbocycles. The molecule has 1 spiro atoms. The molecule has 0 aromatic heterocycles. The summed E-state index contributed by atoms with van der Waals surface area (Å²) in [7, 11) is 5.32. The fraction of sp³-hybridized carbons (Fsp3) is 0.679. The van der Waals surface area contributed by atoms with Crippen molar-refractivity contribution in [2.45, 2.75) is 76.1 Å². The molecule has 196 valence electrons. The van der Waals surface area contributed by atoms with Gasteiger partial charge < -0.3 is 24.0 Å². The van der Waals surface area contributed by atoms with Gasteiger partial charge in [0.2, 0.25) is 5.91 Å². The van der Waals surface area contributed by atoms with Crippen LogP contribution in [0.3, 0.4) is 0 Å². The van der Waals surface area contributed by atoms with Gasteiger partial charge in [-0.25, -0.2) is 0 Å². The minimum absolute atomic E-state index is 0.00440. The van der Waals surface area contributed by atoms with Gasteiger partial charge in [0.05, 0.1) is 23.3 Å². The van der Waals surface area contributed by atoms with Crippen molar-refractivity contribution in [1.29, 1.82) is 5.26 Å². The quantitative estimate of drug-likeness (QED) is 0.587. The molecule has 4 rings (SSSR count). The summed E-state index contributed by atoms with van der Waals surface area (Å²) < 4.78 is 18.2. The Morgan fingerprint density at radius 1 is 1.08 bits per heavy atom. The molecule has 3 aliphatic rings. The van der Waals surface area contributed by atoms with Gasteiger partial charge in [-0.2, -0.15) is 5.26 Å². The minimum Gasteiger partial charge on any atom is -0.489 e. The van der Waals surface area contributed by atoms with Gasteiger partial charge in [-0.15, -0.1) is 0 Å². The van der Waals surface area contributed by atoms with Gasteiger partial charge in [-0.1, -0.05) is 25.3 Å². The van der Waals surface area contributed by atoms with Crippen LogP contribution in [-0.2, 0) is 14.3 Å². The second-order valence-corrected chi connectivity index (χ2v) is 10.8. The maximum absolute atomic E-state index is 13.7. The maximum Gasteiger partial charge on any atom is 0.257 e. The Morgan fingerprint density at radius 3 is 2.58 bits per heavy atom. The molecular weight excluding hydrogens is 458 g/mol. The highest BCUT2D eigenvalue weighted by Crippen LogP contribution is 2.41. The Balaban J connectivity index is 1.69. The van der Waals surface area contributed by atoms with Crippen molar-refractivity contribution in [2.24, 2.45) is 5.41 Å². The number of methoxy groups -OCH3 is 1. The SMILES string of the molecule is CO[C@@H]1CC[C@H]2CCN(C)C(=O)CC3(CCCCC3)CN(C)C(=O)c3cccc(C#N)c3OC[C@@H]1O2. The smallest absolute Gasteiger partial charge is 0.257 e. The normalized spacial score (nSPS) is 27.8. The Labute approximate surface area is 214 Å². The monoisotopic (exact) mass is 497 g/mol. The molecule has 36 heavy (non-hydrogen) atoms. The average Bonchev–Trinajstić information content (AvgIpc) is 2.89. The van der Waals surface area contributed by atoms with Crippen LogP contribution in [0.15, 0.2) is 18.2 Å². The molecule has 2 amide bonds. The number of rotatable bonds is 1. The molecule has 3 atom stereocenters. The molecule has 1 aromatic rings. The van der Waals surface area contributed by atoms with Crippen molar-refractivity contribution in [3.8, 4) is 11.8 Å². The van der Waals surface area contributed by atoms with Crippen LogP contribution in [0.2, 0.25) is 0 Å². The lowest BCUT2D eigenvalue weighted by Gasteiger charge is -2.41. The minimum atomic E-state index is -0.333. The van der Waals surface area contributed by atoms with E-state index in [1.54, 1.807) is 37.3 Å². The largest absolute Gasteiger partial charge is 0.489 e. The number of hydrogen-bond donors (Lipinski definition) is 0. The molecule has 2 aliphatic heterocycles. The molecule has 2 heterocycles. The van der Waals surface area contributed by atoms with E-state index in [9.17, 15) is 14.9 Å². The molecule has 0 N–H and O–H groups in total. The first-order valence-electron chi connectivity index (χ1n) is 13.2. The number of ether oxygens (including phenoxy) is 3. The van der Waals surface area contributed by atoms with Crippen LogP contribution in [0, 0.1) is 16.7 Å². The maximum atomic E-state index is 13.7. The van der Waals surface area contributed by atoms with Gasteiger partial charge in [0.1, 0.15) is 24.5 Å². The predicted molar refractivity (Wildman–Crippen MR) is 135 cm³/mol. The number of fused-ring (bicyclic) bond motifs is 3. The van der Waals surface area contributed by atoms with E-state index in [4.69, 9.17) is 14.2 Å². The van der Waals surface area contributed by atoms with Crippen molar-refractivity contribution in [3.05, 3.63) is 29.3 Å². The second kappa shape index (κ2) is 11.6. The van der Waals surface area contributed by atoms with Gasteiger partial charge in [0, 0.05) is 40.7 Å². The third-order valence-electron chi connectivity index (χ3n) is 8.19. The van der Waals surface area contributed by atoms with Crippen molar-refractivity contribution in [2.75, 3.05) is 40.9 Å². The lowest BCUT2D eigenvalue weighted by Crippen LogP contribution is -2.46.